The molecule has 0 aromatic rings. The Morgan fingerprint density at radius 3 is 2.00 bits per heavy atom. The summed E-state index contributed by atoms with van der Waals surface area (Å²) in [5, 5.41) is 16.3. The van der Waals surface area contributed by atoms with Crippen LogP contribution in [0, 0.1) is 0 Å². The Bertz CT molecular complexity index is 167. The molecule has 13 heavy (non-hydrogen) atoms. The van der Waals surface area contributed by atoms with Crippen molar-refractivity contribution in [2.24, 2.45) is 5.73 Å². The Morgan fingerprint density at radius 2 is 1.77 bits per heavy atom. The van der Waals surface area contributed by atoms with Crippen LogP contribution in [0.4, 0.5) is 0 Å². The van der Waals surface area contributed by atoms with Crippen LogP contribution in [0.25, 0.3) is 0 Å². The summed E-state index contributed by atoms with van der Waals surface area (Å²) in [6.45, 7) is 0. The molecule has 8 heteroatoms. The summed E-state index contributed by atoms with van der Waals surface area (Å²) in [4.78, 5) is 19.9. The van der Waals surface area contributed by atoms with Crippen LogP contribution in [0.1, 0.15) is 17.1 Å². The van der Waals surface area contributed by atoms with Crippen molar-refractivity contribution < 1.29 is 80.9 Å². The fraction of sp³-hybridized carbons (Fsp3) is 0.600. The quantitative estimate of drug-likeness (QED) is 0.430. The summed E-state index contributed by atoms with van der Waals surface area (Å²) in [6, 6.07) is -1.06. The zero-order valence-electron chi connectivity index (χ0n) is 10.5. The van der Waals surface area contributed by atoms with Crippen LogP contribution in [0.2, 0.25) is 0 Å². The van der Waals surface area contributed by atoms with E-state index in [9.17, 15) is 9.59 Å². The third kappa shape index (κ3) is 16.4. The molecule has 0 heterocycles. The summed E-state index contributed by atoms with van der Waals surface area (Å²) < 4.78 is 0. The van der Waals surface area contributed by atoms with Crippen LogP contribution in [0.3, 0.4) is 0 Å². The van der Waals surface area contributed by atoms with E-state index in [4.69, 9.17) is 15.9 Å². The van der Waals surface area contributed by atoms with Gasteiger partial charge in [-0.2, -0.15) is 0 Å². The molecule has 0 aromatic heterocycles. The maximum Gasteiger partial charge on any atom is 2.00 e. The van der Waals surface area contributed by atoms with Gasteiger partial charge in [0.1, 0.15) is 6.04 Å². The van der Waals surface area contributed by atoms with Crippen molar-refractivity contribution in [3.8, 4) is 0 Å². The van der Waals surface area contributed by atoms with E-state index in [0.717, 1.165) is 0 Å². The summed E-state index contributed by atoms with van der Waals surface area (Å²) >= 11 is 0. The second kappa shape index (κ2) is 13.8. The smallest absolute Gasteiger partial charge is 1.00 e. The third-order valence-corrected chi connectivity index (χ3v) is 0.986. The van der Waals surface area contributed by atoms with Gasteiger partial charge < -0.3 is 25.7 Å². The van der Waals surface area contributed by atoms with Crippen molar-refractivity contribution in [1.29, 1.82) is 0 Å². The molecule has 0 aliphatic carbocycles. The maximum absolute atomic E-state index is 9.99. The topological polar surface area (TPSA) is 132 Å². The second-order valence-corrected chi connectivity index (χ2v) is 1.88. The summed E-state index contributed by atoms with van der Waals surface area (Å²) in [5.74, 6) is -2.20. The molecule has 0 aliphatic heterocycles. The van der Waals surface area contributed by atoms with Gasteiger partial charge in [-0.15, -0.1) is 0 Å². The van der Waals surface area contributed by atoms with Gasteiger partial charge in [-0.05, 0) is 6.42 Å². The first-order valence-electron chi connectivity index (χ1n) is 2.74. The van der Waals surface area contributed by atoms with Gasteiger partial charge in [-0.3, -0.25) is 9.59 Å². The van der Waals surface area contributed by atoms with Crippen molar-refractivity contribution in [2.75, 3.05) is 0 Å². The molecule has 0 amide bonds. The molecule has 1 unspecified atom stereocenters. The normalized spacial score (nSPS) is 9.62. The van der Waals surface area contributed by atoms with E-state index in [2.05, 4.69) is 0 Å². The predicted octanol–water partition coefficient (Wildman–Crippen LogP) is -4.60. The number of hydrogen-bond acceptors (Lipinski definition) is 3. The molecule has 0 aliphatic rings. The van der Waals surface area contributed by atoms with Gasteiger partial charge in [-0.25, -0.2) is 0 Å². The van der Waals surface area contributed by atoms with Crippen molar-refractivity contribution in [2.45, 2.75) is 18.9 Å². The van der Waals surface area contributed by atoms with Crippen LogP contribution in [-0.4, -0.2) is 71.4 Å². The van der Waals surface area contributed by atoms with Gasteiger partial charge in [-0.1, -0.05) is 0 Å². The van der Waals surface area contributed by atoms with Gasteiger partial charge in [0.15, 0.2) is 0 Å². The van der Waals surface area contributed by atoms with Crippen molar-refractivity contribution in [3.05, 3.63) is 0 Å². The first-order chi connectivity index (χ1) is 4.54. The largest absolute Gasteiger partial charge is 2.00 e. The van der Waals surface area contributed by atoms with Gasteiger partial charge in [0.2, 0.25) is 0 Å². The van der Waals surface area contributed by atoms with E-state index < -0.39 is 18.0 Å². The number of carboxylic acids is 2. The zero-order chi connectivity index (χ0) is 8.15. The van der Waals surface area contributed by atoms with E-state index in [-0.39, 0.29) is 112 Å². The Labute approximate surface area is 152 Å². The molecule has 6 N–H and O–H groups in total. The number of nitrogens with two attached hydrogens (primary N) is 1. The van der Waals surface area contributed by atoms with Crippen LogP contribution in [-0.2, 0) is 9.59 Å². The molecule has 1 atom stereocenters. The molecule has 0 fully saturated rings. The molecule has 72 valence electrons. The number of carboxylic acid groups (broad SMARTS) is 2. The summed E-state index contributed by atoms with van der Waals surface area (Å²) in [5.41, 5.74) is 5.00. The minimum absolute atomic E-state index is 0. The summed E-state index contributed by atoms with van der Waals surface area (Å²) in [7, 11) is 0. The molecule has 0 saturated heterocycles. The molecular weight excluding hydrogens is 233 g/mol. The van der Waals surface area contributed by atoms with E-state index in [0.29, 0.717) is 0 Å². The van der Waals surface area contributed by atoms with Crippen LogP contribution in [0.15, 0.2) is 0 Å². The minimum atomic E-state index is -1.17. The Morgan fingerprint density at radius 1 is 1.38 bits per heavy atom. The molecule has 0 saturated carbocycles. The Hall–Kier alpha value is 1.76. The predicted molar refractivity (Wildman–Crippen MR) is 45.2 cm³/mol. The maximum atomic E-state index is 9.99. The third-order valence-electron chi connectivity index (χ3n) is 0.986. The van der Waals surface area contributed by atoms with Crippen molar-refractivity contribution in [3.63, 3.8) is 0 Å². The first kappa shape index (κ1) is 24.1. The zero-order valence-corrected chi connectivity index (χ0v) is 12.8. The van der Waals surface area contributed by atoms with Gasteiger partial charge >= 0.3 is 101 Å². The molecule has 0 bridgehead atoms. The number of rotatable bonds is 4. The Balaban J connectivity index is -0.0000000270. The average Bonchev–Trinajstić information content (AvgIpc) is 1.82. The minimum Gasteiger partial charge on any atom is -1.00 e. The monoisotopic (exact) mass is 247 g/mol. The molecule has 0 radical (unpaired) electrons. The fourth-order valence-corrected chi connectivity index (χ4v) is 0.402. The molecule has 0 rings (SSSR count). The molecule has 6 nitrogen and oxygen atoms in total. The van der Waals surface area contributed by atoms with Crippen molar-refractivity contribution >= 4 is 49.7 Å². The SMILES string of the molecule is NC(CCC(=O)O)C(=O)O.O.[Ca+2].[H-].[H-].[H-].[K+]. The molecular formula is C5H14CaKNO5. The standard InChI is InChI=1S/C5H9NO4.Ca.K.H2O.3H/c6-3(5(9)10)1-2-4(7)8;;;;;;/h3H,1-2,6H2,(H,7,8)(H,9,10);;;1H2;;;/q;+2;+1;;3*-1. The van der Waals surface area contributed by atoms with Crippen LogP contribution >= 0.6 is 0 Å². The van der Waals surface area contributed by atoms with E-state index in [1.807, 2.05) is 0 Å². The van der Waals surface area contributed by atoms with Crippen LogP contribution in [0.5, 0.6) is 0 Å². The van der Waals surface area contributed by atoms with Gasteiger partial charge in [0, 0.05) is 6.42 Å². The second-order valence-electron chi connectivity index (χ2n) is 1.88. The molecule has 0 aromatic carbocycles. The van der Waals surface area contributed by atoms with E-state index in [1.165, 1.54) is 0 Å². The first-order valence-corrected chi connectivity index (χ1v) is 2.74. The van der Waals surface area contributed by atoms with Crippen molar-refractivity contribution in [1.82, 2.24) is 0 Å². The Kier molecular flexibility index (Phi) is 25.5. The number of carbonyl (C=O) groups is 2. The average molecular weight is 247 g/mol. The molecule has 0 spiro atoms. The fourth-order valence-electron chi connectivity index (χ4n) is 0.402. The van der Waals surface area contributed by atoms with E-state index >= 15 is 0 Å². The van der Waals surface area contributed by atoms with Gasteiger partial charge in [0.05, 0.1) is 0 Å². The van der Waals surface area contributed by atoms with E-state index in [1.54, 1.807) is 0 Å². The number of aliphatic carboxylic acids is 2. The summed E-state index contributed by atoms with van der Waals surface area (Å²) in [6.07, 6.45) is -0.224. The number of hydrogen-bond donors (Lipinski definition) is 3. The van der Waals surface area contributed by atoms with Crippen LogP contribution < -0.4 is 57.1 Å². The van der Waals surface area contributed by atoms with Gasteiger partial charge in [0.25, 0.3) is 0 Å².